The zero-order chi connectivity index (χ0) is 21.3. The van der Waals surface area contributed by atoms with E-state index in [2.05, 4.69) is 5.32 Å². The average Bonchev–Trinajstić information content (AvgIpc) is 2.81. The van der Waals surface area contributed by atoms with E-state index in [1.165, 1.54) is 0 Å². The lowest BCUT2D eigenvalue weighted by atomic mass is 9.97. The summed E-state index contributed by atoms with van der Waals surface area (Å²) in [6, 6.07) is 5.12. The van der Waals surface area contributed by atoms with Gasteiger partial charge in [0.1, 0.15) is 11.5 Å². The van der Waals surface area contributed by atoms with Crippen LogP contribution in [-0.4, -0.2) is 75.3 Å². The van der Waals surface area contributed by atoms with E-state index in [1.807, 2.05) is 9.96 Å². The molecule has 2 amide bonds. The molecule has 2 aliphatic rings. The third-order valence-electron chi connectivity index (χ3n) is 5.69. The van der Waals surface area contributed by atoms with Crippen LogP contribution in [0.2, 0.25) is 0 Å². The molecule has 0 aromatic heterocycles. The first-order chi connectivity index (χ1) is 14.6. The van der Waals surface area contributed by atoms with Crippen molar-refractivity contribution < 1.29 is 23.9 Å². The minimum atomic E-state index is -0.169. The van der Waals surface area contributed by atoms with Crippen molar-refractivity contribution in [3.8, 4) is 11.5 Å². The summed E-state index contributed by atoms with van der Waals surface area (Å²) in [5, 5.41) is 4.91. The Labute approximate surface area is 178 Å². The molecule has 1 aromatic carbocycles. The molecule has 2 aliphatic heterocycles. The molecule has 1 N–H and O–H groups in total. The van der Waals surface area contributed by atoms with Crippen LogP contribution in [0.5, 0.6) is 11.5 Å². The van der Waals surface area contributed by atoms with Crippen molar-refractivity contribution in [1.82, 2.24) is 15.3 Å². The molecule has 0 spiro atoms. The number of piperidine rings is 1. The number of hydroxylamine groups is 2. The molecule has 3 rings (SSSR count). The summed E-state index contributed by atoms with van der Waals surface area (Å²) in [5.74, 6) is 1.40. The molecule has 1 aromatic rings. The van der Waals surface area contributed by atoms with Gasteiger partial charge in [0.2, 0.25) is 5.91 Å². The van der Waals surface area contributed by atoms with E-state index < -0.39 is 0 Å². The first kappa shape index (κ1) is 22.4. The van der Waals surface area contributed by atoms with Crippen LogP contribution in [0.1, 0.15) is 42.5 Å². The highest BCUT2D eigenvalue weighted by atomic mass is 16.7. The van der Waals surface area contributed by atoms with Crippen molar-refractivity contribution in [2.24, 2.45) is 5.92 Å². The third kappa shape index (κ3) is 6.34. The second-order valence-corrected chi connectivity index (χ2v) is 7.88. The Hall–Kier alpha value is -2.32. The molecule has 30 heavy (non-hydrogen) atoms. The predicted molar refractivity (Wildman–Crippen MR) is 113 cm³/mol. The molecule has 8 nitrogen and oxygen atoms in total. The Balaban J connectivity index is 1.46. The summed E-state index contributed by atoms with van der Waals surface area (Å²) in [6.45, 7) is 4.31. The molecule has 166 valence electrons. The number of nitrogens with zero attached hydrogens (tertiary/aromatic N) is 2. The van der Waals surface area contributed by atoms with Crippen LogP contribution in [0.3, 0.4) is 0 Å². The summed E-state index contributed by atoms with van der Waals surface area (Å²) in [5.41, 5.74) is 0.497. The Morgan fingerprint density at radius 1 is 1.10 bits per heavy atom. The van der Waals surface area contributed by atoms with E-state index in [0.717, 1.165) is 45.4 Å². The van der Waals surface area contributed by atoms with E-state index in [1.54, 1.807) is 32.4 Å². The molecule has 2 heterocycles. The number of nitrogens with one attached hydrogen (secondary N) is 1. The molecule has 0 bridgehead atoms. The molecule has 0 radical (unpaired) electrons. The Bertz CT molecular complexity index is 698. The number of benzene rings is 1. The van der Waals surface area contributed by atoms with Crippen LogP contribution in [-0.2, 0) is 9.63 Å². The van der Waals surface area contributed by atoms with E-state index in [0.29, 0.717) is 43.1 Å². The normalized spacial score (nSPS) is 19.9. The van der Waals surface area contributed by atoms with Gasteiger partial charge in [-0.2, -0.15) is 5.06 Å². The monoisotopic (exact) mass is 419 g/mol. The number of methoxy groups -OCH3 is 2. The molecule has 2 saturated heterocycles. The van der Waals surface area contributed by atoms with E-state index >= 15 is 0 Å². The van der Waals surface area contributed by atoms with Gasteiger partial charge in [0, 0.05) is 50.8 Å². The van der Waals surface area contributed by atoms with Crippen LogP contribution in [0.4, 0.5) is 0 Å². The highest BCUT2D eigenvalue weighted by Crippen LogP contribution is 2.23. The number of rotatable bonds is 8. The lowest BCUT2D eigenvalue weighted by Crippen LogP contribution is -2.44. The lowest BCUT2D eigenvalue weighted by molar-refractivity contribution is -0.182. The van der Waals surface area contributed by atoms with Crippen molar-refractivity contribution in [3.63, 3.8) is 0 Å². The Morgan fingerprint density at radius 2 is 1.87 bits per heavy atom. The van der Waals surface area contributed by atoms with Crippen LogP contribution in [0.15, 0.2) is 18.2 Å². The van der Waals surface area contributed by atoms with Gasteiger partial charge in [0.15, 0.2) is 0 Å². The van der Waals surface area contributed by atoms with Crippen LogP contribution in [0.25, 0.3) is 0 Å². The van der Waals surface area contributed by atoms with Crippen molar-refractivity contribution in [1.29, 1.82) is 0 Å². The molecule has 0 aliphatic carbocycles. The smallest absolute Gasteiger partial charge is 0.251 e. The fraction of sp³-hybridized carbons (Fsp3) is 0.636. The van der Waals surface area contributed by atoms with Crippen molar-refractivity contribution >= 4 is 11.8 Å². The predicted octanol–water partition coefficient (Wildman–Crippen LogP) is 2.09. The quantitative estimate of drug-likeness (QED) is 0.695. The molecular formula is C22H33N3O5. The first-order valence-corrected chi connectivity index (χ1v) is 10.8. The fourth-order valence-electron chi connectivity index (χ4n) is 3.94. The van der Waals surface area contributed by atoms with E-state index in [-0.39, 0.29) is 17.7 Å². The summed E-state index contributed by atoms with van der Waals surface area (Å²) in [4.78, 5) is 32.7. The summed E-state index contributed by atoms with van der Waals surface area (Å²) in [6.07, 6.45) is 4.65. The standard InChI is InChI=1S/C22H33N3O5/c1-28-19-12-18(13-20(14-19)29-2)22(27)23-15-17-6-5-8-24(16-17)21(26)7-10-25-9-3-4-11-30-25/h12-14,17H,3-11,15-16H2,1-2H3,(H,23,27). The van der Waals surface area contributed by atoms with Crippen LogP contribution in [0, 0.1) is 5.92 Å². The number of carbonyl (C=O) groups excluding carboxylic acids is 2. The minimum Gasteiger partial charge on any atom is -0.497 e. The highest BCUT2D eigenvalue weighted by Gasteiger charge is 2.25. The lowest BCUT2D eigenvalue weighted by Gasteiger charge is -2.33. The van der Waals surface area contributed by atoms with Gasteiger partial charge in [-0.1, -0.05) is 0 Å². The molecule has 2 fully saturated rings. The van der Waals surface area contributed by atoms with Gasteiger partial charge in [-0.15, -0.1) is 0 Å². The summed E-state index contributed by atoms with van der Waals surface area (Å²) < 4.78 is 10.5. The van der Waals surface area contributed by atoms with Gasteiger partial charge in [0.05, 0.1) is 20.8 Å². The largest absolute Gasteiger partial charge is 0.497 e. The highest BCUT2D eigenvalue weighted by molar-refractivity contribution is 5.95. The summed E-state index contributed by atoms with van der Waals surface area (Å²) in [7, 11) is 3.11. The average molecular weight is 420 g/mol. The van der Waals surface area contributed by atoms with Gasteiger partial charge < -0.3 is 19.7 Å². The van der Waals surface area contributed by atoms with Crippen LogP contribution >= 0.6 is 0 Å². The summed E-state index contributed by atoms with van der Waals surface area (Å²) >= 11 is 0. The van der Waals surface area contributed by atoms with Crippen LogP contribution < -0.4 is 14.8 Å². The SMILES string of the molecule is COc1cc(OC)cc(C(=O)NCC2CCCN(C(=O)CCN3CCCCO3)C2)c1. The molecule has 8 heteroatoms. The molecular weight excluding hydrogens is 386 g/mol. The maximum atomic E-state index is 12.6. The zero-order valence-corrected chi connectivity index (χ0v) is 18.0. The van der Waals surface area contributed by atoms with Crippen molar-refractivity contribution in [3.05, 3.63) is 23.8 Å². The van der Waals surface area contributed by atoms with E-state index in [9.17, 15) is 9.59 Å². The molecule has 0 saturated carbocycles. The maximum Gasteiger partial charge on any atom is 0.251 e. The molecule has 1 atom stereocenters. The van der Waals surface area contributed by atoms with Crippen molar-refractivity contribution in [2.45, 2.75) is 32.1 Å². The van der Waals surface area contributed by atoms with Gasteiger partial charge in [-0.25, -0.2) is 0 Å². The van der Waals surface area contributed by atoms with E-state index in [4.69, 9.17) is 14.3 Å². The number of hydrogen-bond donors (Lipinski definition) is 1. The van der Waals surface area contributed by atoms with Gasteiger partial charge in [-0.05, 0) is 43.7 Å². The topological polar surface area (TPSA) is 80.3 Å². The number of amides is 2. The second-order valence-electron chi connectivity index (χ2n) is 7.88. The zero-order valence-electron chi connectivity index (χ0n) is 18.0. The number of carbonyl (C=O) groups is 2. The van der Waals surface area contributed by atoms with Crippen molar-refractivity contribution in [2.75, 3.05) is 53.6 Å². The number of hydrogen-bond acceptors (Lipinski definition) is 6. The Kier molecular flexibility index (Phi) is 8.33. The minimum absolute atomic E-state index is 0.165. The fourth-order valence-corrected chi connectivity index (χ4v) is 3.94. The maximum absolute atomic E-state index is 12.6. The first-order valence-electron chi connectivity index (χ1n) is 10.8. The van der Waals surface area contributed by atoms with Gasteiger partial charge in [0.25, 0.3) is 5.91 Å². The third-order valence-corrected chi connectivity index (χ3v) is 5.69. The Morgan fingerprint density at radius 3 is 2.53 bits per heavy atom. The number of ether oxygens (including phenoxy) is 2. The van der Waals surface area contributed by atoms with Gasteiger partial charge in [-0.3, -0.25) is 14.4 Å². The van der Waals surface area contributed by atoms with Gasteiger partial charge >= 0.3 is 0 Å². The molecule has 1 unspecified atom stereocenters. The second kappa shape index (κ2) is 11.2. The number of likely N-dealkylation sites (tertiary alicyclic amines) is 1.